The first-order valence-corrected chi connectivity index (χ1v) is 8.95. The average Bonchev–Trinajstić information content (AvgIpc) is 2.44. The van der Waals surface area contributed by atoms with E-state index in [1.165, 1.54) is 11.8 Å². The number of piperazine rings is 1. The molecule has 120 valence electrons. The van der Waals surface area contributed by atoms with E-state index in [2.05, 4.69) is 22.2 Å². The molecular formula is C14H17Cl2N3OS2. The van der Waals surface area contributed by atoms with Gasteiger partial charge >= 0.3 is 0 Å². The van der Waals surface area contributed by atoms with Gasteiger partial charge in [0, 0.05) is 41.9 Å². The first kappa shape index (κ1) is 17.8. The molecule has 0 bridgehead atoms. The highest BCUT2D eigenvalue weighted by Crippen LogP contribution is 2.22. The van der Waals surface area contributed by atoms with Crippen molar-refractivity contribution >= 4 is 63.1 Å². The number of thioether (sulfide) groups is 1. The van der Waals surface area contributed by atoms with Crippen LogP contribution in [0.4, 0.5) is 5.69 Å². The Labute approximate surface area is 150 Å². The van der Waals surface area contributed by atoms with Crippen LogP contribution in [-0.4, -0.2) is 59.0 Å². The zero-order valence-corrected chi connectivity index (χ0v) is 15.3. The Morgan fingerprint density at radius 1 is 1.23 bits per heavy atom. The largest absolute Gasteiger partial charge is 0.355 e. The van der Waals surface area contributed by atoms with E-state index in [1.807, 2.05) is 0 Å². The number of nitrogens with zero attached hydrogens (tertiary/aromatic N) is 2. The number of thiocarbonyl (C=S) groups is 1. The van der Waals surface area contributed by atoms with Gasteiger partial charge in [-0.1, -0.05) is 47.2 Å². The van der Waals surface area contributed by atoms with E-state index in [0.717, 1.165) is 30.5 Å². The third-order valence-electron chi connectivity index (χ3n) is 3.23. The molecule has 1 fully saturated rings. The van der Waals surface area contributed by atoms with E-state index >= 15 is 0 Å². The SMILES string of the molecule is CN1CCN(C(=S)SCC(=O)Nc2cc(Cl)cc(Cl)c2)CC1. The number of nitrogens with one attached hydrogen (secondary N) is 1. The lowest BCUT2D eigenvalue weighted by Crippen LogP contribution is -2.46. The highest BCUT2D eigenvalue weighted by Gasteiger charge is 2.17. The molecule has 0 radical (unpaired) electrons. The predicted octanol–water partition coefficient (Wildman–Crippen LogP) is 3.20. The van der Waals surface area contributed by atoms with Crippen LogP contribution >= 0.6 is 47.2 Å². The Hall–Kier alpha value is -0.530. The maximum Gasteiger partial charge on any atom is 0.234 e. The second-order valence-corrected chi connectivity index (χ2v) is 7.53. The van der Waals surface area contributed by atoms with E-state index in [9.17, 15) is 4.79 Å². The summed E-state index contributed by atoms with van der Waals surface area (Å²) in [5, 5.41) is 3.75. The molecule has 22 heavy (non-hydrogen) atoms. The molecule has 0 aromatic heterocycles. The molecule has 0 unspecified atom stereocenters. The molecule has 4 nitrogen and oxygen atoms in total. The number of hydrogen-bond acceptors (Lipinski definition) is 4. The Kier molecular flexibility index (Phi) is 6.77. The van der Waals surface area contributed by atoms with Crippen LogP contribution in [0, 0.1) is 0 Å². The van der Waals surface area contributed by atoms with E-state index in [1.54, 1.807) is 18.2 Å². The molecule has 0 aliphatic carbocycles. The van der Waals surface area contributed by atoms with E-state index in [4.69, 9.17) is 35.4 Å². The van der Waals surface area contributed by atoms with Gasteiger partial charge in [0.05, 0.1) is 5.75 Å². The van der Waals surface area contributed by atoms with E-state index < -0.39 is 0 Å². The topological polar surface area (TPSA) is 35.6 Å². The van der Waals surface area contributed by atoms with Gasteiger partial charge in [-0.2, -0.15) is 0 Å². The number of likely N-dealkylation sites (N-methyl/N-ethyl adjacent to an activating group) is 1. The molecule has 1 aromatic rings. The summed E-state index contributed by atoms with van der Waals surface area (Å²) in [7, 11) is 2.09. The standard InChI is InChI=1S/C14H17Cl2N3OS2/c1-18-2-4-19(5-3-18)14(21)22-9-13(20)17-12-7-10(15)6-11(16)8-12/h6-8H,2-5,9H2,1H3,(H,17,20). The second kappa shape index (κ2) is 8.36. The minimum absolute atomic E-state index is 0.125. The smallest absolute Gasteiger partial charge is 0.234 e. The number of carbonyl (C=O) groups excluding carboxylic acids is 1. The van der Waals surface area contributed by atoms with Gasteiger partial charge < -0.3 is 15.1 Å². The van der Waals surface area contributed by atoms with Crippen LogP contribution < -0.4 is 5.32 Å². The zero-order chi connectivity index (χ0) is 16.1. The number of rotatable bonds is 3. The van der Waals surface area contributed by atoms with Crippen LogP contribution in [0.1, 0.15) is 0 Å². The lowest BCUT2D eigenvalue weighted by atomic mass is 10.3. The fourth-order valence-corrected chi connectivity index (χ4v) is 3.61. The third kappa shape index (κ3) is 5.59. The first-order chi connectivity index (χ1) is 10.4. The van der Waals surface area contributed by atoms with Crippen molar-refractivity contribution in [2.24, 2.45) is 0 Å². The maximum absolute atomic E-state index is 12.0. The van der Waals surface area contributed by atoms with Gasteiger partial charge in [0.15, 0.2) is 0 Å². The van der Waals surface area contributed by atoms with Crippen molar-refractivity contribution < 1.29 is 4.79 Å². The number of hydrogen-bond donors (Lipinski definition) is 1. The second-order valence-electron chi connectivity index (χ2n) is 5.05. The van der Waals surface area contributed by atoms with Gasteiger partial charge in [0.2, 0.25) is 5.91 Å². The number of amides is 1. The zero-order valence-electron chi connectivity index (χ0n) is 12.1. The average molecular weight is 378 g/mol. The fraction of sp³-hybridized carbons (Fsp3) is 0.429. The van der Waals surface area contributed by atoms with Gasteiger partial charge in [-0.05, 0) is 25.2 Å². The summed E-state index contributed by atoms with van der Waals surface area (Å²) in [6.45, 7) is 3.81. The van der Waals surface area contributed by atoms with Crippen molar-refractivity contribution in [3.63, 3.8) is 0 Å². The van der Waals surface area contributed by atoms with Crippen LogP contribution in [0.25, 0.3) is 0 Å². The van der Waals surface area contributed by atoms with Crippen molar-refractivity contribution in [2.75, 3.05) is 44.3 Å². The molecular weight excluding hydrogens is 361 g/mol. The van der Waals surface area contributed by atoms with Crippen molar-refractivity contribution in [3.05, 3.63) is 28.2 Å². The van der Waals surface area contributed by atoms with Crippen LogP contribution in [-0.2, 0) is 4.79 Å². The molecule has 1 aliphatic rings. The van der Waals surface area contributed by atoms with Crippen molar-refractivity contribution in [2.45, 2.75) is 0 Å². The van der Waals surface area contributed by atoms with Crippen LogP contribution in [0.5, 0.6) is 0 Å². The molecule has 2 rings (SSSR count). The summed E-state index contributed by atoms with van der Waals surface area (Å²) >= 11 is 18.6. The predicted molar refractivity (Wildman–Crippen MR) is 99.2 cm³/mol. The molecule has 8 heteroatoms. The van der Waals surface area contributed by atoms with Crippen molar-refractivity contribution in [3.8, 4) is 0 Å². The van der Waals surface area contributed by atoms with Gasteiger partial charge in [-0.25, -0.2) is 0 Å². The number of benzene rings is 1. The highest BCUT2D eigenvalue weighted by atomic mass is 35.5. The Morgan fingerprint density at radius 2 is 1.82 bits per heavy atom. The fourth-order valence-electron chi connectivity index (χ4n) is 2.03. The quantitative estimate of drug-likeness (QED) is 0.818. The summed E-state index contributed by atoms with van der Waals surface area (Å²) in [6, 6.07) is 4.94. The summed E-state index contributed by atoms with van der Waals surface area (Å²) in [4.78, 5) is 16.4. The Morgan fingerprint density at radius 3 is 2.41 bits per heavy atom. The van der Waals surface area contributed by atoms with Gasteiger partial charge in [-0.3, -0.25) is 4.79 Å². The molecule has 0 atom stereocenters. The Balaban J connectivity index is 1.78. The number of halogens is 2. The lowest BCUT2D eigenvalue weighted by molar-refractivity contribution is -0.113. The van der Waals surface area contributed by atoms with Crippen LogP contribution in [0.15, 0.2) is 18.2 Å². The van der Waals surface area contributed by atoms with E-state index in [0.29, 0.717) is 15.7 Å². The monoisotopic (exact) mass is 377 g/mol. The molecule has 1 N–H and O–H groups in total. The molecule has 1 amide bonds. The van der Waals surface area contributed by atoms with Gasteiger partial charge in [0.1, 0.15) is 4.32 Å². The van der Waals surface area contributed by atoms with Gasteiger partial charge in [-0.15, -0.1) is 0 Å². The molecule has 1 aromatic carbocycles. The third-order valence-corrected chi connectivity index (χ3v) is 5.19. The number of carbonyl (C=O) groups is 1. The Bertz CT molecular complexity index is 543. The lowest BCUT2D eigenvalue weighted by Gasteiger charge is -2.33. The minimum Gasteiger partial charge on any atom is -0.355 e. The first-order valence-electron chi connectivity index (χ1n) is 6.80. The molecule has 1 saturated heterocycles. The maximum atomic E-state index is 12.0. The molecule has 1 heterocycles. The summed E-state index contributed by atoms with van der Waals surface area (Å²) in [6.07, 6.45) is 0. The molecule has 0 spiro atoms. The van der Waals surface area contributed by atoms with Gasteiger partial charge in [0.25, 0.3) is 0 Å². The number of anilines is 1. The van der Waals surface area contributed by atoms with Crippen LogP contribution in [0.2, 0.25) is 10.0 Å². The minimum atomic E-state index is -0.125. The van der Waals surface area contributed by atoms with Crippen molar-refractivity contribution in [1.82, 2.24) is 9.80 Å². The van der Waals surface area contributed by atoms with Crippen LogP contribution in [0.3, 0.4) is 0 Å². The summed E-state index contributed by atoms with van der Waals surface area (Å²) in [5.41, 5.74) is 0.591. The molecule has 1 aliphatic heterocycles. The highest BCUT2D eigenvalue weighted by molar-refractivity contribution is 8.23. The summed E-state index contributed by atoms with van der Waals surface area (Å²) in [5.74, 6) is 0.148. The van der Waals surface area contributed by atoms with Crippen molar-refractivity contribution in [1.29, 1.82) is 0 Å². The normalized spacial score (nSPS) is 15.7. The van der Waals surface area contributed by atoms with E-state index in [-0.39, 0.29) is 11.7 Å². The molecule has 0 saturated carbocycles. The summed E-state index contributed by atoms with van der Waals surface area (Å²) < 4.78 is 0.771.